The Hall–Kier alpha value is -3.03. The molecule has 0 aliphatic carbocycles. The SMILES string of the molecule is N=C=C(C(=O)c1ccccc1)[n+]1cccc2ccccc21. The number of para-hydroxylation sites is 1. The molecule has 0 fully saturated rings. The standard InChI is InChI=1S/C18H13N2O/c19-13-17(18(21)15-8-2-1-3-9-15)20-12-6-10-14-7-4-5-11-16(14)20/h1-12,19H/q+1. The Morgan fingerprint density at radius 3 is 2.33 bits per heavy atom. The maximum absolute atomic E-state index is 12.6. The zero-order chi connectivity index (χ0) is 14.7. The number of rotatable bonds is 3. The molecule has 1 heterocycles. The number of nitrogens with one attached hydrogen (secondary N) is 1. The summed E-state index contributed by atoms with van der Waals surface area (Å²) in [5, 5.41) is 8.53. The van der Waals surface area contributed by atoms with Crippen LogP contribution < -0.4 is 4.57 Å². The van der Waals surface area contributed by atoms with Crippen molar-refractivity contribution in [1.82, 2.24) is 0 Å². The third-order valence-electron chi connectivity index (χ3n) is 3.32. The molecule has 0 amide bonds. The van der Waals surface area contributed by atoms with E-state index >= 15 is 0 Å². The molecule has 3 nitrogen and oxygen atoms in total. The summed E-state index contributed by atoms with van der Waals surface area (Å²) in [5.74, 6) is 2.07. The largest absolute Gasteiger partial charge is 0.321 e. The molecule has 0 saturated heterocycles. The van der Waals surface area contributed by atoms with E-state index in [2.05, 4.69) is 5.87 Å². The topological polar surface area (TPSA) is 44.8 Å². The van der Waals surface area contributed by atoms with Crippen molar-refractivity contribution in [3.05, 3.63) is 78.5 Å². The summed E-state index contributed by atoms with van der Waals surface area (Å²) >= 11 is 0. The maximum Gasteiger partial charge on any atom is 0.321 e. The van der Waals surface area contributed by atoms with E-state index in [0.29, 0.717) is 5.56 Å². The predicted molar refractivity (Wildman–Crippen MR) is 82.3 cm³/mol. The minimum atomic E-state index is -0.216. The summed E-state index contributed by atoms with van der Waals surface area (Å²) in [6.45, 7) is 0. The Morgan fingerprint density at radius 2 is 1.57 bits per heavy atom. The van der Waals surface area contributed by atoms with Crippen LogP contribution in [0.5, 0.6) is 0 Å². The number of hydrogen-bond donors (Lipinski definition) is 1. The molecule has 100 valence electrons. The number of Topliss-reactive ketones (excluding diaryl/α,β-unsaturated/α-hetero) is 1. The van der Waals surface area contributed by atoms with Gasteiger partial charge >= 0.3 is 5.70 Å². The third kappa shape index (κ3) is 2.38. The number of aromatic nitrogens is 1. The molecule has 0 unspecified atom stereocenters. The first kappa shape index (κ1) is 13.0. The molecule has 3 aromatic rings. The van der Waals surface area contributed by atoms with Crippen molar-refractivity contribution in [3.8, 4) is 0 Å². The van der Waals surface area contributed by atoms with Gasteiger partial charge in [-0.2, -0.15) is 0 Å². The third-order valence-corrected chi connectivity index (χ3v) is 3.32. The summed E-state index contributed by atoms with van der Waals surface area (Å²) in [5.41, 5.74) is 1.63. The molecule has 3 heteroatoms. The summed E-state index contributed by atoms with van der Waals surface area (Å²) in [4.78, 5) is 12.6. The minimum absolute atomic E-state index is 0.206. The average molecular weight is 273 g/mol. The van der Waals surface area contributed by atoms with Crippen LogP contribution in [-0.2, 0) is 0 Å². The fraction of sp³-hybridized carbons (Fsp3) is 0. The van der Waals surface area contributed by atoms with E-state index in [1.807, 2.05) is 54.6 Å². The van der Waals surface area contributed by atoms with Crippen LogP contribution in [0.4, 0.5) is 0 Å². The highest BCUT2D eigenvalue weighted by atomic mass is 16.1. The second-order valence-corrected chi connectivity index (χ2v) is 4.61. The van der Waals surface area contributed by atoms with E-state index in [-0.39, 0.29) is 11.5 Å². The second-order valence-electron chi connectivity index (χ2n) is 4.61. The summed E-state index contributed by atoms with van der Waals surface area (Å²) < 4.78 is 1.71. The van der Waals surface area contributed by atoms with Gasteiger partial charge in [0.15, 0.2) is 6.20 Å². The fourth-order valence-corrected chi connectivity index (χ4v) is 2.31. The number of ketones is 1. The van der Waals surface area contributed by atoms with Gasteiger partial charge in [-0.1, -0.05) is 42.5 Å². The van der Waals surface area contributed by atoms with Gasteiger partial charge in [-0.3, -0.25) is 10.2 Å². The van der Waals surface area contributed by atoms with Gasteiger partial charge in [-0.05, 0) is 12.1 Å². The quantitative estimate of drug-likeness (QED) is 0.339. The van der Waals surface area contributed by atoms with Crippen LogP contribution in [0.15, 0.2) is 72.9 Å². The van der Waals surface area contributed by atoms with E-state index < -0.39 is 0 Å². The first-order valence-electron chi connectivity index (χ1n) is 6.60. The molecular formula is C18H13N2O+. The van der Waals surface area contributed by atoms with Crippen molar-refractivity contribution < 1.29 is 9.36 Å². The molecule has 3 rings (SSSR count). The molecular weight excluding hydrogens is 260 g/mol. The second kappa shape index (κ2) is 5.53. The summed E-state index contributed by atoms with van der Waals surface area (Å²) in [6, 6.07) is 20.5. The molecule has 0 spiro atoms. The molecule has 0 saturated carbocycles. The fourth-order valence-electron chi connectivity index (χ4n) is 2.31. The molecule has 0 radical (unpaired) electrons. The first-order valence-corrected chi connectivity index (χ1v) is 6.60. The molecule has 1 N–H and O–H groups in total. The van der Waals surface area contributed by atoms with E-state index in [1.54, 1.807) is 22.9 Å². The van der Waals surface area contributed by atoms with Gasteiger partial charge < -0.3 is 0 Å². The normalized spacial score (nSPS) is 10.1. The predicted octanol–water partition coefficient (Wildman–Crippen LogP) is 3.10. The van der Waals surface area contributed by atoms with Crippen LogP contribution in [0.3, 0.4) is 0 Å². The number of allylic oxidation sites excluding steroid dienone is 1. The molecule has 2 aromatic carbocycles. The molecule has 0 aliphatic heterocycles. The van der Waals surface area contributed by atoms with Crippen molar-refractivity contribution in [1.29, 1.82) is 5.41 Å². The van der Waals surface area contributed by atoms with Crippen molar-refractivity contribution in [2.24, 2.45) is 0 Å². The monoisotopic (exact) mass is 273 g/mol. The van der Waals surface area contributed by atoms with Crippen LogP contribution in [-0.4, -0.2) is 11.7 Å². The van der Waals surface area contributed by atoms with Gasteiger partial charge in [-0.15, -0.1) is 4.57 Å². The summed E-state index contributed by atoms with van der Waals surface area (Å²) in [7, 11) is 0. The Balaban J connectivity index is 2.16. The highest BCUT2D eigenvalue weighted by Gasteiger charge is 2.24. The van der Waals surface area contributed by atoms with Crippen LogP contribution in [0, 0.1) is 5.41 Å². The van der Waals surface area contributed by atoms with E-state index in [4.69, 9.17) is 5.41 Å². The Morgan fingerprint density at radius 1 is 0.905 bits per heavy atom. The van der Waals surface area contributed by atoms with Crippen LogP contribution in [0.25, 0.3) is 16.6 Å². The van der Waals surface area contributed by atoms with Gasteiger partial charge in [0.05, 0.1) is 5.87 Å². The number of carbonyl (C=O) groups excluding carboxylic acids is 1. The van der Waals surface area contributed by atoms with E-state index in [9.17, 15) is 4.79 Å². The molecule has 21 heavy (non-hydrogen) atoms. The first-order chi connectivity index (χ1) is 10.3. The molecule has 0 bridgehead atoms. The molecule has 0 atom stereocenters. The minimum Gasteiger partial charge on any atom is -0.281 e. The molecule has 0 aliphatic rings. The number of hydrogen-bond acceptors (Lipinski definition) is 2. The number of fused-ring (bicyclic) bond motifs is 1. The van der Waals surface area contributed by atoms with Crippen molar-refractivity contribution >= 4 is 28.3 Å². The highest BCUT2D eigenvalue weighted by Crippen LogP contribution is 2.12. The van der Waals surface area contributed by atoms with Gasteiger partial charge in [0.25, 0.3) is 5.78 Å². The van der Waals surface area contributed by atoms with E-state index in [1.165, 1.54) is 0 Å². The Labute approximate surface area is 122 Å². The van der Waals surface area contributed by atoms with E-state index in [0.717, 1.165) is 10.9 Å². The highest BCUT2D eigenvalue weighted by molar-refractivity contribution is 6.28. The van der Waals surface area contributed by atoms with Gasteiger partial charge in [0.1, 0.15) is 0 Å². The van der Waals surface area contributed by atoms with Crippen LogP contribution in [0.1, 0.15) is 10.4 Å². The zero-order valence-corrected chi connectivity index (χ0v) is 11.3. The van der Waals surface area contributed by atoms with Gasteiger partial charge in [0.2, 0.25) is 5.52 Å². The summed E-state index contributed by atoms with van der Waals surface area (Å²) in [6.07, 6.45) is 1.78. The van der Waals surface area contributed by atoms with Crippen molar-refractivity contribution in [2.45, 2.75) is 0 Å². The number of pyridine rings is 1. The van der Waals surface area contributed by atoms with Crippen LogP contribution >= 0.6 is 0 Å². The number of nitrogens with zero attached hydrogens (tertiary/aromatic N) is 1. The Bertz CT molecular complexity index is 857. The van der Waals surface area contributed by atoms with Gasteiger partial charge in [0, 0.05) is 23.1 Å². The number of benzene rings is 2. The lowest BCUT2D eigenvalue weighted by Gasteiger charge is -2.02. The van der Waals surface area contributed by atoms with Crippen molar-refractivity contribution in [2.75, 3.05) is 0 Å². The average Bonchev–Trinajstić information content (AvgIpc) is 2.56. The molecule has 1 aromatic heterocycles. The van der Waals surface area contributed by atoms with Gasteiger partial charge in [-0.25, -0.2) is 0 Å². The Kier molecular flexibility index (Phi) is 3.42. The zero-order valence-electron chi connectivity index (χ0n) is 11.3. The maximum atomic E-state index is 12.6. The number of carbonyl (C=O) groups is 1. The lowest BCUT2D eigenvalue weighted by Crippen LogP contribution is -2.37. The lowest BCUT2D eigenvalue weighted by atomic mass is 10.1. The lowest BCUT2D eigenvalue weighted by molar-refractivity contribution is -0.546. The van der Waals surface area contributed by atoms with Crippen LogP contribution in [0.2, 0.25) is 0 Å². The van der Waals surface area contributed by atoms with Crippen molar-refractivity contribution in [3.63, 3.8) is 0 Å². The smallest absolute Gasteiger partial charge is 0.281 e.